The first-order chi connectivity index (χ1) is 21.3. The smallest absolute Gasteiger partial charge is 0.480 e. The third-order valence-electron chi connectivity index (χ3n) is 9.78. The third kappa shape index (κ3) is 9.72. The Bertz CT molecular complexity index is 1260. The van der Waals surface area contributed by atoms with Gasteiger partial charge in [-0.25, -0.2) is 8.78 Å². The monoisotopic (exact) mass is 638 g/mol. The van der Waals surface area contributed by atoms with Gasteiger partial charge in [-0.1, -0.05) is 36.8 Å². The number of aliphatic carboxylic acids is 1. The molecule has 10 heteroatoms. The van der Waals surface area contributed by atoms with Gasteiger partial charge in [0, 0.05) is 5.56 Å². The van der Waals surface area contributed by atoms with E-state index in [0.29, 0.717) is 31.4 Å². The maximum Gasteiger partial charge on any atom is 0.522 e. The molecule has 0 radical (unpaired) electrons. The van der Waals surface area contributed by atoms with Gasteiger partial charge in [-0.2, -0.15) is 0 Å². The number of carboxylic acid groups (broad SMARTS) is 1. The lowest BCUT2D eigenvalue weighted by Crippen LogP contribution is -2.35. The molecule has 1 saturated carbocycles. The minimum atomic E-state index is -4.67. The van der Waals surface area contributed by atoms with Crippen LogP contribution < -0.4 is 0 Å². The lowest BCUT2D eigenvalue weighted by atomic mass is 9.77. The van der Waals surface area contributed by atoms with Crippen LogP contribution in [-0.2, 0) is 9.53 Å². The van der Waals surface area contributed by atoms with Gasteiger partial charge in [0.25, 0.3) is 6.43 Å². The summed E-state index contributed by atoms with van der Waals surface area (Å²) in [5.41, 5.74) is 4.31. The highest BCUT2D eigenvalue weighted by molar-refractivity contribution is 5.76. The average Bonchev–Trinajstić information content (AvgIpc) is 2.98. The van der Waals surface area contributed by atoms with Crippen LogP contribution in [0.25, 0.3) is 0 Å². The van der Waals surface area contributed by atoms with E-state index in [1.807, 2.05) is 36.9 Å². The molecule has 0 amide bonds. The highest BCUT2D eigenvalue weighted by atomic mass is 19.4. The van der Waals surface area contributed by atoms with Crippen LogP contribution >= 0.6 is 0 Å². The number of alkyl halides is 5. The fourth-order valence-electron chi connectivity index (χ4n) is 7.42. The zero-order valence-electron chi connectivity index (χ0n) is 26.6. The Morgan fingerprint density at radius 3 is 2.29 bits per heavy atom. The summed E-state index contributed by atoms with van der Waals surface area (Å²) >= 11 is 0. The van der Waals surface area contributed by atoms with E-state index in [1.165, 1.54) is 12.5 Å². The lowest BCUT2D eigenvalue weighted by molar-refractivity contribution is -0.345. The van der Waals surface area contributed by atoms with E-state index in [9.17, 15) is 31.9 Å². The Balaban J connectivity index is 1.54. The number of likely N-dealkylation sites (tertiary alicyclic amines) is 1. The first-order valence-electron chi connectivity index (χ1n) is 16.2. The van der Waals surface area contributed by atoms with Gasteiger partial charge in [0.2, 0.25) is 0 Å². The number of carboxylic acids is 1. The van der Waals surface area contributed by atoms with Gasteiger partial charge in [-0.05, 0) is 144 Å². The SMILES string of the molecule is Cc1ccc(C(F)F)cc1[C@@H](CCN1CCCCC1)CCN(C)C(C(=O)O)c1cccc(C)c1C1CCC(OC(F)(F)F)CC1. The van der Waals surface area contributed by atoms with Crippen LogP contribution in [0, 0.1) is 13.8 Å². The average molecular weight is 639 g/mol. The summed E-state index contributed by atoms with van der Waals surface area (Å²) in [7, 11) is 1.78. The molecule has 0 aromatic heterocycles. The molecular weight excluding hydrogens is 591 g/mol. The quantitative estimate of drug-likeness (QED) is 0.222. The Morgan fingerprint density at radius 2 is 1.67 bits per heavy atom. The Morgan fingerprint density at radius 1 is 0.978 bits per heavy atom. The molecule has 1 heterocycles. The molecule has 0 spiro atoms. The Labute approximate surface area is 263 Å². The van der Waals surface area contributed by atoms with Gasteiger partial charge < -0.3 is 10.0 Å². The zero-order chi connectivity index (χ0) is 32.7. The number of rotatable bonds is 13. The first-order valence-corrected chi connectivity index (χ1v) is 16.2. The number of likely N-dealkylation sites (N-methyl/N-ethyl adjacent to an activating group) is 1. The number of carbonyl (C=O) groups is 1. The number of ether oxygens (including phenoxy) is 1. The van der Waals surface area contributed by atoms with E-state index >= 15 is 0 Å². The van der Waals surface area contributed by atoms with Crippen molar-refractivity contribution in [1.82, 2.24) is 9.80 Å². The largest absolute Gasteiger partial charge is 0.522 e. The molecular formula is C35H47F5N2O3. The maximum atomic E-state index is 13.7. The van der Waals surface area contributed by atoms with Gasteiger partial charge in [0.15, 0.2) is 0 Å². The van der Waals surface area contributed by atoms with Crippen LogP contribution in [0.4, 0.5) is 22.0 Å². The van der Waals surface area contributed by atoms with Crippen LogP contribution in [0.1, 0.15) is 115 Å². The molecule has 250 valence electrons. The highest BCUT2D eigenvalue weighted by Gasteiger charge is 2.37. The van der Waals surface area contributed by atoms with Crippen LogP contribution in [0.3, 0.4) is 0 Å². The van der Waals surface area contributed by atoms with Crippen LogP contribution in [-0.4, -0.2) is 66.6 Å². The van der Waals surface area contributed by atoms with Gasteiger partial charge >= 0.3 is 12.3 Å². The number of nitrogens with zero attached hydrogens (tertiary/aromatic N) is 2. The molecule has 5 nitrogen and oxygen atoms in total. The Hall–Kier alpha value is -2.56. The molecule has 4 rings (SSSR count). The van der Waals surface area contributed by atoms with Gasteiger partial charge in [-0.3, -0.25) is 14.4 Å². The highest BCUT2D eigenvalue weighted by Crippen LogP contribution is 2.41. The van der Waals surface area contributed by atoms with E-state index in [0.717, 1.165) is 61.2 Å². The lowest BCUT2D eigenvalue weighted by Gasteiger charge is -2.34. The third-order valence-corrected chi connectivity index (χ3v) is 9.78. The number of benzene rings is 2. The molecule has 1 saturated heterocycles. The van der Waals surface area contributed by atoms with E-state index in [-0.39, 0.29) is 30.2 Å². The standard InChI is InChI=1S/C35H47F5N2O3/c1-23-10-11-27(33(36)37)22-30(23)25(17-21-42-18-5-4-6-19-42)16-20-41(3)32(34(43)44)29-9-7-8-24(2)31(29)26-12-14-28(15-13-26)45-35(38,39)40/h7-11,22,25-26,28,32-33H,4-6,12-21H2,1-3H3,(H,43,44)/t25-,26?,28?,32?/m1/s1. The second kappa shape index (κ2) is 15.8. The molecule has 2 aromatic carbocycles. The van der Waals surface area contributed by atoms with Crippen molar-refractivity contribution in [2.75, 3.05) is 33.2 Å². The fraction of sp³-hybridized carbons (Fsp3) is 0.629. The molecule has 1 aliphatic carbocycles. The molecule has 2 aliphatic rings. The number of hydrogen-bond acceptors (Lipinski definition) is 4. The Kier molecular flexibility index (Phi) is 12.4. The van der Waals surface area contributed by atoms with E-state index in [4.69, 9.17) is 0 Å². The maximum absolute atomic E-state index is 13.7. The molecule has 1 unspecified atom stereocenters. The topological polar surface area (TPSA) is 53.0 Å². The van der Waals surface area contributed by atoms with Crippen molar-refractivity contribution in [3.63, 3.8) is 0 Å². The number of aryl methyl sites for hydroxylation is 2. The van der Waals surface area contributed by atoms with Crippen molar-refractivity contribution in [2.24, 2.45) is 0 Å². The second-order valence-corrected chi connectivity index (χ2v) is 12.9. The minimum Gasteiger partial charge on any atom is -0.480 e. The summed E-state index contributed by atoms with van der Waals surface area (Å²) in [5.74, 6) is -1.09. The summed E-state index contributed by atoms with van der Waals surface area (Å²) < 4.78 is 70.1. The van der Waals surface area contributed by atoms with Crippen LogP contribution in [0.5, 0.6) is 0 Å². The minimum absolute atomic E-state index is 0.00454. The van der Waals surface area contributed by atoms with Crippen LogP contribution in [0.15, 0.2) is 36.4 Å². The first kappa shape index (κ1) is 35.3. The molecule has 2 fully saturated rings. The molecule has 2 aromatic rings. The summed E-state index contributed by atoms with van der Waals surface area (Å²) in [6, 6.07) is 9.46. The van der Waals surface area contributed by atoms with Gasteiger partial charge in [-0.15, -0.1) is 13.2 Å². The van der Waals surface area contributed by atoms with E-state index in [1.54, 1.807) is 19.2 Å². The predicted octanol–water partition coefficient (Wildman–Crippen LogP) is 8.91. The van der Waals surface area contributed by atoms with Crippen molar-refractivity contribution in [2.45, 2.75) is 108 Å². The van der Waals surface area contributed by atoms with Crippen molar-refractivity contribution >= 4 is 5.97 Å². The normalized spacial score (nSPS) is 21.3. The van der Waals surface area contributed by atoms with Crippen molar-refractivity contribution in [3.8, 4) is 0 Å². The van der Waals surface area contributed by atoms with Crippen LogP contribution in [0.2, 0.25) is 0 Å². The molecule has 45 heavy (non-hydrogen) atoms. The molecule has 0 bridgehead atoms. The van der Waals surface area contributed by atoms with Gasteiger partial charge in [0.05, 0.1) is 6.10 Å². The summed E-state index contributed by atoms with van der Waals surface area (Å²) in [6.07, 6.45) is -1.74. The summed E-state index contributed by atoms with van der Waals surface area (Å²) in [6.45, 7) is 7.22. The number of hydrogen-bond donors (Lipinski definition) is 1. The van der Waals surface area contributed by atoms with Crippen molar-refractivity contribution in [1.29, 1.82) is 0 Å². The number of halogens is 5. The summed E-state index contributed by atoms with van der Waals surface area (Å²) in [4.78, 5) is 17.1. The van der Waals surface area contributed by atoms with Crippen molar-refractivity contribution < 1.29 is 36.6 Å². The summed E-state index contributed by atoms with van der Waals surface area (Å²) in [5, 5.41) is 10.5. The fourth-order valence-corrected chi connectivity index (χ4v) is 7.42. The molecule has 1 N–H and O–H groups in total. The van der Waals surface area contributed by atoms with Gasteiger partial charge in [0.1, 0.15) is 6.04 Å². The van der Waals surface area contributed by atoms with E-state index < -0.39 is 30.9 Å². The van der Waals surface area contributed by atoms with E-state index in [2.05, 4.69) is 9.64 Å². The molecule has 1 aliphatic heterocycles. The number of piperidine rings is 1. The second-order valence-electron chi connectivity index (χ2n) is 12.9. The predicted molar refractivity (Wildman–Crippen MR) is 165 cm³/mol. The molecule has 2 atom stereocenters. The van der Waals surface area contributed by atoms with Crippen molar-refractivity contribution in [3.05, 3.63) is 69.8 Å². The zero-order valence-corrected chi connectivity index (χ0v) is 26.6.